The molecule has 1 aromatic heterocycles. The normalized spacial score (nSPS) is 14.1. The first-order valence-corrected chi connectivity index (χ1v) is 9.12. The monoisotopic (exact) mass is 379 g/mol. The number of carbonyl (C=O) groups is 1. The van der Waals surface area contributed by atoms with Gasteiger partial charge >= 0.3 is 0 Å². The Hall–Kier alpha value is -3.32. The molecule has 5 rings (SSSR count). The van der Waals surface area contributed by atoms with Crippen LogP contribution in [-0.4, -0.2) is 24.4 Å². The largest absolute Gasteiger partial charge is 0.454 e. The van der Waals surface area contributed by atoms with Crippen molar-refractivity contribution in [2.75, 3.05) is 13.6 Å². The molecule has 0 fully saturated rings. The van der Waals surface area contributed by atoms with Crippen LogP contribution in [0.1, 0.15) is 16.1 Å². The minimum atomic E-state index is -0.120. The third-order valence-electron chi connectivity index (χ3n) is 4.20. The van der Waals surface area contributed by atoms with Gasteiger partial charge < -0.3 is 18.9 Å². The summed E-state index contributed by atoms with van der Waals surface area (Å²) < 4.78 is 21.3. The fourth-order valence-corrected chi connectivity index (χ4v) is 3.62. The van der Waals surface area contributed by atoms with Crippen LogP contribution in [0.5, 0.6) is 23.0 Å². The van der Waals surface area contributed by atoms with E-state index in [9.17, 15) is 4.79 Å². The van der Waals surface area contributed by atoms with Gasteiger partial charge in [-0.2, -0.15) is 0 Å². The number of carbonyl (C=O) groups excluding carboxylic acids is 1. The molecular weight excluding hydrogens is 366 g/mol. The fraction of sp³-hybridized carbons (Fsp3) is 0.100. The maximum Gasteiger partial charge on any atom is 0.231 e. The number of nitrogens with zero attached hydrogens (tertiary/aromatic N) is 1. The number of ether oxygens (including phenoxy) is 4. The molecule has 2 aliphatic heterocycles. The Morgan fingerprint density at radius 1 is 0.926 bits per heavy atom. The summed E-state index contributed by atoms with van der Waals surface area (Å²) in [6.07, 6.45) is 3.22. The maximum absolute atomic E-state index is 12.4. The molecule has 3 aromatic rings. The number of allylic oxidation sites excluding steroid dienone is 1. The van der Waals surface area contributed by atoms with Crippen LogP contribution in [-0.2, 0) is 0 Å². The van der Waals surface area contributed by atoms with Crippen molar-refractivity contribution in [3.05, 3.63) is 59.1 Å². The summed E-state index contributed by atoms with van der Waals surface area (Å²) in [5.41, 5.74) is 2.22. The average Bonchev–Trinajstić information content (AvgIpc) is 3.44. The van der Waals surface area contributed by atoms with Crippen LogP contribution in [0.3, 0.4) is 0 Å². The Balaban J connectivity index is 1.33. The van der Waals surface area contributed by atoms with Crippen molar-refractivity contribution in [3.63, 3.8) is 0 Å². The topological polar surface area (TPSA) is 66.9 Å². The molecule has 2 aromatic carbocycles. The van der Waals surface area contributed by atoms with Gasteiger partial charge in [-0.3, -0.25) is 4.79 Å². The molecule has 7 heteroatoms. The second-order valence-electron chi connectivity index (χ2n) is 5.91. The summed E-state index contributed by atoms with van der Waals surface area (Å²) in [5.74, 6) is 2.59. The summed E-state index contributed by atoms with van der Waals surface area (Å²) in [4.78, 5) is 17.0. The van der Waals surface area contributed by atoms with Crippen LogP contribution in [0.25, 0.3) is 16.6 Å². The van der Waals surface area contributed by atoms with E-state index in [1.807, 2.05) is 23.6 Å². The van der Waals surface area contributed by atoms with Crippen molar-refractivity contribution < 1.29 is 23.7 Å². The van der Waals surface area contributed by atoms with Crippen LogP contribution < -0.4 is 18.9 Å². The van der Waals surface area contributed by atoms with E-state index in [4.69, 9.17) is 18.9 Å². The zero-order valence-corrected chi connectivity index (χ0v) is 14.8. The third kappa shape index (κ3) is 3.02. The quantitative estimate of drug-likeness (QED) is 0.501. The van der Waals surface area contributed by atoms with E-state index in [2.05, 4.69) is 4.98 Å². The number of rotatable bonds is 4. The van der Waals surface area contributed by atoms with Gasteiger partial charge in [0.05, 0.1) is 5.69 Å². The molecule has 2 aliphatic rings. The van der Waals surface area contributed by atoms with Gasteiger partial charge in [-0.05, 0) is 48.6 Å². The van der Waals surface area contributed by atoms with Crippen molar-refractivity contribution in [2.24, 2.45) is 0 Å². The van der Waals surface area contributed by atoms with E-state index in [1.165, 1.54) is 17.4 Å². The highest BCUT2D eigenvalue weighted by atomic mass is 32.1. The van der Waals surface area contributed by atoms with Gasteiger partial charge in [0, 0.05) is 16.5 Å². The first-order valence-electron chi connectivity index (χ1n) is 8.24. The van der Waals surface area contributed by atoms with Crippen LogP contribution in [0.15, 0.2) is 47.9 Å². The molecule has 3 heterocycles. The molecule has 0 unspecified atom stereocenters. The number of aromatic nitrogens is 1. The SMILES string of the molecule is O=C(/C=C/c1csc(-c2ccc3c(c2)OCO3)n1)c1ccc2c(c1)OCO2. The Kier molecular flexibility index (Phi) is 3.79. The molecule has 6 nitrogen and oxygen atoms in total. The molecule has 0 saturated heterocycles. The first-order chi connectivity index (χ1) is 13.3. The van der Waals surface area contributed by atoms with Crippen molar-refractivity contribution in [1.29, 1.82) is 0 Å². The molecular formula is C20H13NO5S. The summed E-state index contributed by atoms with van der Waals surface area (Å²) >= 11 is 1.51. The average molecular weight is 379 g/mol. The third-order valence-corrected chi connectivity index (χ3v) is 5.11. The lowest BCUT2D eigenvalue weighted by molar-refractivity contribution is 0.104. The molecule has 0 atom stereocenters. The van der Waals surface area contributed by atoms with Gasteiger partial charge in [-0.25, -0.2) is 4.98 Å². The van der Waals surface area contributed by atoms with Gasteiger partial charge in [0.1, 0.15) is 5.01 Å². The van der Waals surface area contributed by atoms with Crippen molar-refractivity contribution >= 4 is 23.2 Å². The van der Waals surface area contributed by atoms with Crippen LogP contribution >= 0.6 is 11.3 Å². The number of hydrogen-bond acceptors (Lipinski definition) is 7. The van der Waals surface area contributed by atoms with Crippen molar-refractivity contribution in [2.45, 2.75) is 0 Å². The highest BCUT2D eigenvalue weighted by Crippen LogP contribution is 2.37. The molecule has 0 amide bonds. The molecule has 27 heavy (non-hydrogen) atoms. The van der Waals surface area contributed by atoms with Crippen molar-refractivity contribution in [3.8, 4) is 33.6 Å². The van der Waals surface area contributed by atoms with Crippen LogP contribution in [0.4, 0.5) is 0 Å². The van der Waals surface area contributed by atoms with Gasteiger partial charge in [0.15, 0.2) is 28.8 Å². The zero-order chi connectivity index (χ0) is 18.2. The molecule has 134 valence electrons. The molecule has 0 aliphatic carbocycles. The highest BCUT2D eigenvalue weighted by molar-refractivity contribution is 7.13. The predicted octanol–water partition coefficient (Wildman–Crippen LogP) is 4.16. The van der Waals surface area contributed by atoms with Crippen molar-refractivity contribution in [1.82, 2.24) is 4.98 Å². The van der Waals surface area contributed by atoms with Gasteiger partial charge in [0.25, 0.3) is 0 Å². The number of benzene rings is 2. The van der Waals surface area contributed by atoms with E-state index in [0.717, 1.165) is 27.8 Å². The second kappa shape index (κ2) is 6.44. The predicted molar refractivity (Wildman–Crippen MR) is 99.6 cm³/mol. The number of fused-ring (bicyclic) bond motifs is 2. The lowest BCUT2D eigenvalue weighted by Crippen LogP contribution is -1.94. The van der Waals surface area contributed by atoms with E-state index >= 15 is 0 Å². The summed E-state index contributed by atoms with van der Waals surface area (Å²) in [5, 5.41) is 2.76. The highest BCUT2D eigenvalue weighted by Gasteiger charge is 2.16. The summed E-state index contributed by atoms with van der Waals surface area (Å²) in [6, 6.07) is 10.9. The Labute approximate surface area is 158 Å². The van der Waals surface area contributed by atoms with Crippen LogP contribution in [0.2, 0.25) is 0 Å². The Morgan fingerprint density at radius 3 is 2.44 bits per heavy atom. The Morgan fingerprint density at radius 2 is 1.63 bits per heavy atom. The zero-order valence-electron chi connectivity index (χ0n) is 14.0. The molecule has 0 spiro atoms. The molecule has 0 N–H and O–H groups in total. The van der Waals surface area contributed by atoms with Crippen LogP contribution in [0, 0.1) is 0 Å². The van der Waals surface area contributed by atoms with E-state index < -0.39 is 0 Å². The van der Waals surface area contributed by atoms with Gasteiger partial charge in [-0.1, -0.05) is 0 Å². The number of thiazole rings is 1. The van der Waals surface area contributed by atoms with Gasteiger partial charge in [-0.15, -0.1) is 11.3 Å². The van der Waals surface area contributed by atoms with E-state index in [-0.39, 0.29) is 19.4 Å². The lowest BCUT2D eigenvalue weighted by atomic mass is 10.1. The molecule has 0 saturated carbocycles. The second-order valence-corrected chi connectivity index (χ2v) is 6.77. The standard InChI is InChI=1S/C20H13NO5S/c22-15(12-1-5-16-18(7-12)25-10-23-16)4-3-14-9-27-20(21-14)13-2-6-17-19(8-13)26-11-24-17/h1-9H,10-11H2/b4-3+. The minimum absolute atomic E-state index is 0.120. The number of ketones is 1. The fourth-order valence-electron chi connectivity index (χ4n) is 2.83. The van der Waals surface area contributed by atoms with E-state index in [0.29, 0.717) is 17.1 Å². The Bertz CT molecular complexity index is 1070. The first kappa shape index (κ1) is 15.9. The number of hydrogen-bond donors (Lipinski definition) is 0. The maximum atomic E-state index is 12.4. The minimum Gasteiger partial charge on any atom is -0.454 e. The molecule has 0 radical (unpaired) electrons. The summed E-state index contributed by atoms with van der Waals surface area (Å²) in [7, 11) is 0. The lowest BCUT2D eigenvalue weighted by Gasteiger charge is -1.99. The van der Waals surface area contributed by atoms with E-state index in [1.54, 1.807) is 24.3 Å². The summed E-state index contributed by atoms with van der Waals surface area (Å²) in [6.45, 7) is 0.427. The molecule has 0 bridgehead atoms. The smallest absolute Gasteiger partial charge is 0.231 e. The van der Waals surface area contributed by atoms with Gasteiger partial charge in [0.2, 0.25) is 13.6 Å².